The van der Waals surface area contributed by atoms with Crippen LogP contribution >= 0.6 is 0 Å². The number of halogens is 3. The second-order valence-corrected chi connectivity index (χ2v) is 5.67. The highest BCUT2D eigenvalue weighted by atomic mass is 19.3. The van der Waals surface area contributed by atoms with Crippen molar-refractivity contribution in [3.8, 4) is 22.8 Å². The minimum Gasteiger partial charge on any atom is -0.415 e. The molecule has 0 atom stereocenters. The van der Waals surface area contributed by atoms with Gasteiger partial charge in [-0.2, -0.15) is 8.78 Å². The maximum absolute atomic E-state index is 14.1. The first-order valence-electron chi connectivity index (χ1n) is 7.94. The molecule has 27 heavy (non-hydrogen) atoms. The van der Waals surface area contributed by atoms with Crippen LogP contribution in [0.2, 0.25) is 0 Å². The third-order valence-corrected chi connectivity index (χ3v) is 3.80. The van der Waals surface area contributed by atoms with Crippen LogP contribution in [0.1, 0.15) is 18.0 Å². The predicted octanol–water partition coefficient (Wildman–Crippen LogP) is 4.12. The molecule has 0 spiro atoms. The van der Waals surface area contributed by atoms with Crippen LogP contribution in [0.3, 0.4) is 0 Å². The van der Waals surface area contributed by atoms with Crippen molar-refractivity contribution in [1.82, 2.24) is 24.7 Å². The maximum atomic E-state index is 14.1. The molecule has 0 saturated heterocycles. The summed E-state index contributed by atoms with van der Waals surface area (Å²) >= 11 is 0. The molecule has 3 heterocycles. The van der Waals surface area contributed by atoms with Gasteiger partial charge in [0.05, 0.1) is 12.2 Å². The van der Waals surface area contributed by atoms with Crippen LogP contribution in [-0.4, -0.2) is 24.7 Å². The Labute approximate surface area is 151 Å². The lowest BCUT2D eigenvalue weighted by Crippen LogP contribution is -2.03. The molecule has 0 fully saturated rings. The summed E-state index contributed by atoms with van der Waals surface area (Å²) in [5.74, 6) is -1.08. The first-order chi connectivity index (χ1) is 13.1. The molecule has 3 aromatic heterocycles. The summed E-state index contributed by atoms with van der Waals surface area (Å²) in [6.45, 7) is 0.443. The highest BCUT2D eigenvalue weighted by molar-refractivity contribution is 5.65. The number of benzene rings is 1. The molecule has 4 rings (SSSR count). The molecule has 0 aliphatic heterocycles. The van der Waals surface area contributed by atoms with Gasteiger partial charge in [0.25, 0.3) is 5.89 Å². The fourth-order valence-corrected chi connectivity index (χ4v) is 2.64. The topological polar surface area (TPSA) is 69.6 Å². The van der Waals surface area contributed by atoms with Crippen molar-refractivity contribution in [2.45, 2.75) is 13.0 Å². The van der Waals surface area contributed by atoms with Gasteiger partial charge in [-0.05, 0) is 30.3 Å². The lowest BCUT2D eigenvalue weighted by Gasteiger charge is -2.08. The second-order valence-electron chi connectivity index (χ2n) is 5.67. The molecule has 6 nitrogen and oxygen atoms in total. The van der Waals surface area contributed by atoms with E-state index in [-0.39, 0.29) is 11.5 Å². The molecular weight excluding hydrogens is 359 g/mol. The average Bonchev–Trinajstić information content (AvgIpc) is 3.32. The molecule has 0 bridgehead atoms. The number of aromatic nitrogens is 5. The first kappa shape index (κ1) is 17.0. The van der Waals surface area contributed by atoms with E-state index >= 15 is 0 Å². The van der Waals surface area contributed by atoms with Gasteiger partial charge in [-0.1, -0.05) is 6.07 Å². The zero-order valence-electron chi connectivity index (χ0n) is 13.8. The summed E-state index contributed by atoms with van der Waals surface area (Å²) < 4.78 is 46.2. The molecular formula is C18H12F3N5O. The van der Waals surface area contributed by atoms with E-state index in [1.807, 2.05) is 18.2 Å². The Kier molecular flexibility index (Phi) is 4.41. The third kappa shape index (κ3) is 3.57. The van der Waals surface area contributed by atoms with Gasteiger partial charge in [0.1, 0.15) is 11.6 Å². The third-order valence-electron chi connectivity index (χ3n) is 3.80. The van der Waals surface area contributed by atoms with E-state index in [9.17, 15) is 13.2 Å². The number of rotatable bonds is 5. The van der Waals surface area contributed by atoms with Gasteiger partial charge in [-0.3, -0.25) is 4.98 Å². The molecule has 0 saturated carbocycles. The summed E-state index contributed by atoms with van der Waals surface area (Å²) in [6, 6.07) is 9.54. The standard InChI is InChI=1S/C18H12F3N5O/c19-13-8-11(7-12(9-13)17-24-25-18(27-17)15(20)21)16-23-5-6-26(16)10-14-3-1-2-4-22-14/h1-9,15H,10H2. The number of hydrogen-bond acceptors (Lipinski definition) is 5. The van der Waals surface area contributed by atoms with Crippen LogP contribution < -0.4 is 0 Å². The Bertz CT molecular complexity index is 1060. The van der Waals surface area contributed by atoms with Crippen molar-refractivity contribution in [3.63, 3.8) is 0 Å². The SMILES string of the molecule is Fc1cc(-c2nnc(C(F)F)o2)cc(-c2nccn2Cc2ccccn2)c1. The van der Waals surface area contributed by atoms with Crippen molar-refractivity contribution in [1.29, 1.82) is 0 Å². The van der Waals surface area contributed by atoms with Crippen LogP contribution in [0, 0.1) is 5.82 Å². The Morgan fingerprint density at radius 2 is 1.85 bits per heavy atom. The monoisotopic (exact) mass is 371 g/mol. The van der Waals surface area contributed by atoms with E-state index < -0.39 is 18.1 Å². The summed E-state index contributed by atoms with van der Waals surface area (Å²) in [7, 11) is 0. The van der Waals surface area contributed by atoms with E-state index in [2.05, 4.69) is 20.2 Å². The molecule has 0 N–H and O–H groups in total. The van der Waals surface area contributed by atoms with Gasteiger partial charge < -0.3 is 8.98 Å². The molecule has 9 heteroatoms. The smallest absolute Gasteiger partial charge is 0.314 e. The predicted molar refractivity (Wildman–Crippen MR) is 89.2 cm³/mol. The number of imidazole rings is 1. The van der Waals surface area contributed by atoms with E-state index in [0.29, 0.717) is 17.9 Å². The average molecular weight is 371 g/mol. The van der Waals surface area contributed by atoms with Crippen molar-refractivity contribution < 1.29 is 17.6 Å². The van der Waals surface area contributed by atoms with Gasteiger partial charge >= 0.3 is 6.43 Å². The molecule has 136 valence electrons. The fraction of sp³-hybridized carbons (Fsp3) is 0.111. The van der Waals surface area contributed by atoms with E-state index in [4.69, 9.17) is 4.42 Å². The highest BCUT2D eigenvalue weighted by Crippen LogP contribution is 2.28. The molecule has 0 aliphatic rings. The van der Waals surface area contributed by atoms with Crippen LogP contribution in [0.25, 0.3) is 22.8 Å². The van der Waals surface area contributed by atoms with Gasteiger partial charge in [0.2, 0.25) is 5.89 Å². The van der Waals surface area contributed by atoms with Crippen molar-refractivity contribution in [2.24, 2.45) is 0 Å². The van der Waals surface area contributed by atoms with Gasteiger partial charge in [-0.25, -0.2) is 9.37 Å². The van der Waals surface area contributed by atoms with E-state index in [1.165, 1.54) is 6.07 Å². The quantitative estimate of drug-likeness (QED) is 0.528. The van der Waals surface area contributed by atoms with Crippen LogP contribution in [0.15, 0.2) is 59.4 Å². The molecule has 4 aromatic rings. The minimum atomic E-state index is -2.89. The van der Waals surface area contributed by atoms with Gasteiger partial charge in [0.15, 0.2) is 0 Å². The number of hydrogen-bond donors (Lipinski definition) is 0. The maximum Gasteiger partial charge on any atom is 0.314 e. The summed E-state index contributed by atoms with van der Waals surface area (Å²) in [5.41, 5.74) is 1.45. The minimum absolute atomic E-state index is 0.186. The largest absolute Gasteiger partial charge is 0.415 e. The molecule has 0 aliphatic carbocycles. The Balaban J connectivity index is 1.71. The van der Waals surface area contributed by atoms with Crippen LogP contribution in [0.4, 0.5) is 13.2 Å². The number of nitrogens with zero attached hydrogens (tertiary/aromatic N) is 5. The zero-order chi connectivity index (χ0) is 18.8. The lowest BCUT2D eigenvalue weighted by molar-refractivity contribution is 0.116. The Hall–Kier alpha value is -3.49. The van der Waals surface area contributed by atoms with Gasteiger partial charge in [-0.15, -0.1) is 10.2 Å². The molecule has 0 unspecified atom stereocenters. The lowest BCUT2D eigenvalue weighted by atomic mass is 10.1. The van der Waals surface area contributed by atoms with Crippen molar-refractivity contribution >= 4 is 0 Å². The van der Waals surface area contributed by atoms with Gasteiger partial charge in [0, 0.05) is 29.7 Å². The first-order valence-corrected chi connectivity index (χ1v) is 7.94. The van der Waals surface area contributed by atoms with Crippen molar-refractivity contribution in [2.75, 3.05) is 0 Å². The van der Waals surface area contributed by atoms with E-state index in [0.717, 1.165) is 11.8 Å². The van der Waals surface area contributed by atoms with Crippen LogP contribution in [0.5, 0.6) is 0 Å². The second kappa shape index (κ2) is 7.02. The highest BCUT2D eigenvalue weighted by Gasteiger charge is 2.18. The molecule has 1 aromatic carbocycles. The molecule has 0 amide bonds. The van der Waals surface area contributed by atoms with Crippen molar-refractivity contribution in [3.05, 3.63) is 72.4 Å². The Morgan fingerprint density at radius 1 is 1.00 bits per heavy atom. The normalized spacial score (nSPS) is 11.3. The summed E-state index contributed by atoms with van der Waals surface area (Å²) in [5, 5.41) is 6.83. The summed E-state index contributed by atoms with van der Waals surface area (Å²) in [4.78, 5) is 8.54. The molecule has 0 radical (unpaired) electrons. The zero-order valence-corrected chi connectivity index (χ0v) is 13.8. The summed E-state index contributed by atoms with van der Waals surface area (Å²) in [6.07, 6.45) is 2.12. The van der Waals surface area contributed by atoms with E-state index in [1.54, 1.807) is 29.2 Å². The number of pyridine rings is 1. The number of alkyl halides is 2. The fourth-order valence-electron chi connectivity index (χ4n) is 2.64. The van der Waals surface area contributed by atoms with Crippen LogP contribution in [-0.2, 0) is 6.54 Å². The Morgan fingerprint density at radius 3 is 2.59 bits per heavy atom.